The smallest absolute Gasteiger partial charge is 0.337 e. The maximum absolute atomic E-state index is 11.6. The van der Waals surface area contributed by atoms with Crippen molar-refractivity contribution in [1.82, 2.24) is 0 Å². The Hall–Kier alpha value is -4.59. The molecule has 0 fully saturated rings. The van der Waals surface area contributed by atoms with Crippen LogP contribution in [0.4, 0.5) is 5.69 Å². The van der Waals surface area contributed by atoms with Crippen molar-refractivity contribution < 1.29 is 19.7 Å². The summed E-state index contributed by atoms with van der Waals surface area (Å²) in [4.78, 5) is 20.4. The Labute approximate surface area is 184 Å². The molecule has 0 aromatic heterocycles. The number of anilines is 1. The van der Waals surface area contributed by atoms with Crippen molar-refractivity contribution in [2.75, 3.05) is 12.8 Å². The zero-order valence-electron chi connectivity index (χ0n) is 17.3. The molecule has 0 atom stereocenters. The number of nitrogens with two attached hydrogens (primary N) is 2. The summed E-state index contributed by atoms with van der Waals surface area (Å²) >= 11 is 0. The van der Waals surface area contributed by atoms with E-state index < -0.39 is 5.97 Å². The molecule has 0 aliphatic rings. The van der Waals surface area contributed by atoms with E-state index in [1.165, 1.54) is 19.2 Å². The number of ether oxygens (including phenoxy) is 1. The largest absolute Gasteiger partial charge is 0.507 e. The molecule has 0 saturated heterocycles. The molecule has 3 aromatic carbocycles. The van der Waals surface area contributed by atoms with E-state index in [9.17, 15) is 15.0 Å². The molecular weight excluding hydrogens is 408 g/mol. The van der Waals surface area contributed by atoms with E-state index in [-0.39, 0.29) is 34.4 Å². The Morgan fingerprint density at radius 3 is 2.19 bits per heavy atom. The Morgan fingerprint density at radius 2 is 1.53 bits per heavy atom. The minimum atomic E-state index is -0.458. The van der Waals surface area contributed by atoms with E-state index in [1.807, 2.05) is 0 Å². The molecule has 3 rings (SSSR count). The quantitative estimate of drug-likeness (QED) is 0.161. The first-order chi connectivity index (χ1) is 15.3. The monoisotopic (exact) mass is 430 g/mol. The zero-order chi connectivity index (χ0) is 23.3. The van der Waals surface area contributed by atoms with Gasteiger partial charge in [0.25, 0.3) is 0 Å². The number of benzene rings is 3. The van der Waals surface area contributed by atoms with Gasteiger partial charge in [-0.05, 0) is 42.0 Å². The Morgan fingerprint density at radius 1 is 0.906 bits per heavy atom. The van der Waals surface area contributed by atoms with E-state index in [1.54, 1.807) is 54.6 Å². The van der Waals surface area contributed by atoms with Gasteiger partial charge in [-0.3, -0.25) is 0 Å². The number of rotatable bonds is 5. The van der Waals surface area contributed by atoms with Crippen LogP contribution in [0.1, 0.15) is 27.0 Å². The molecule has 3 aromatic rings. The number of para-hydroxylation sites is 2. The number of hydrogen-bond donors (Lipinski definition) is 4. The molecule has 0 aliphatic carbocycles. The van der Waals surface area contributed by atoms with Crippen LogP contribution in [0, 0.1) is 0 Å². The molecule has 162 valence electrons. The summed E-state index contributed by atoms with van der Waals surface area (Å²) in [5.74, 6) is -0.703. The van der Waals surface area contributed by atoms with Gasteiger partial charge in [-0.1, -0.05) is 36.9 Å². The van der Waals surface area contributed by atoms with Crippen molar-refractivity contribution in [3.05, 3.63) is 95.6 Å². The normalized spacial score (nSPS) is 11.8. The third-order valence-corrected chi connectivity index (χ3v) is 4.59. The number of aromatic hydroxyl groups is 2. The minimum absolute atomic E-state index is 0.0503. The van der Waals surface area contributed by atoms with Crippen LogP contribution in [0.25, 0.3) is 5.70 Å². The van der Waals surface area contributed by atoms with Crippen molar-refractivity contribution in [2.45, 2.75) is 0 Å². The topological polar surface area (TPSA) is 144 Å². The van der Waals surface area contributed by atoms with Gasteiger partial charge in [0, 0.05) is 0 Å². The van der Waals surface area contributed by atoms with E-state index in [4.69, 9.17) is 16.2 Å². The van der Waals surface area contributed by atoms with Crippen molar-refractivity contribution in [2.24, 2.45) is 15.7 Å². The van der Waals surface area contributed by atoms with Gasteiger partial charge >= 0.3 is 5.97 Å². The number of phenolic OH excluding ortho intramolecular Hbond substituents is 2. The van der Waals surface area contributed by atoms with Crippen LogP contribution in [0.3, 0.4) is 0 Å². The number of nitrogens with zero attached hydrogens (tertiary/aromatic N) is 2. The summed E-state index contributed by atoms with van der Waals surface area (Å²) in [5, 5.41) is 20.6. The van der Waals surface area contributed by atoms with E-state index in [0.29, 0.717) is 22.4 Å². The lowest BCUT2D eigenvalue weighted by Crippen LogP contribution is -2.17. The predicted octanol–water partition coefficient (Wildman–Crippen LogP) is 3.29. The molecule has 6 N–H and O–H groups in total. The second kappa shape index (κ2) is 9.48. The number of hydrogen-bond acceptors (Lipinski definition) is 6. The summed E-state index contributed by atoms with van der Waals surface area (Å²) in [6.07, 6.45) is 0. The first kappa shape index (κ1) is 22.1. The molecule has 0 spiro atoms. The highest BCUT2D eigenvalue weighted by Gasteiger charge is 2.14. The first-order valence-electron chi connectivity index (χ1n) is 9.48. The summed E-state index contributed by atoms with van der Waals surface area (Å²) in [6.45, 7) is 3.96. The molecule has 0 heterocycles. The molecule has 32 heavy (non-hydrogen) atoms. The SMILES string of the molecule is C=C(N=C(N=C(N)c1cccc(N)c1O)c1ccccc1O)c1ccc(C(=O)OC)cc1. The summed E-state index contributed by atoms with van der Waals surface area (Å²) in [6, 6.07) is 17.7. The number of esters is 1. The predicted molar refractivity (Wildman–Crippen MR) is 125 cm³/mol. The fraction of sp³-hybridized carbons (Fsp3) is 0.0417. The Kier molecular flexibility index (Phi) is 6.55. The molecule has 0 bridgehead atoms. The van der Waals surface area contributed by atoms with Crippen molar-refractivity contribution in [3.8, 4) is 11.5 Å². The Bertz CT molecular complexity index is 1230. The highest BCUT2D eigenvalue weighted by atomic mass is 16.5. The van der Waals surface area contributed by atoms with Crippen LogP contribution < -0.4 is 11.5 Å². The van der Waals surface area contributed by atoms with Gasteiger partial charge in [0.05, 0.1) is 35.2 Å². The van der Waals surface area contributed by atoms with Gasteiger partial charge in [-0.25, -0.2) is 14.8 Å². The lowest BCUT2D eigenvalue weighted by Gasteiger charge is -2.10. The molecule has 0 radical (unpaired) electrons. The molecule has 0 aliphatic heterocycles. The van der Waals surface area contributed by atoms with Crippen LogP contribution in [0.2, 0.25) is 0 Å². The Balaban J connectivity index is 2.06. The summed E-state index contributed by atoms with van der Waals surface area (Å²) in [5.41, 5.74) is 13.9. The third-order valence-electron chi connectivity index (χ3n) is 4.59. The molecule has 8 nitrogen and oxygen atoms in total. The van der Waals surface area contributed by atoms with E-state index in [0.717, 1.165) is 0 Å². The second-order valence-corrected chi connectivity index (χ2v) is 6.71. The average molecular weight is 430 g/mol. The standard InChI is InChI=1S/C24H22N4O4/c1-14(15-10-12-16(13-11-15)24(31)32-2)27-23(17-6-3-4-9-20(17)29)28-22(26)18-7-5-8-19(25)21(18)30/h3-13,29-30H,1,25H2,2H3,(H2,26,27,28). The average Bonchev–Trinajstić information content (AvgIpc) is 2.80. The van der Waals surface area contributed by atoms with Crippen LogP contribution in [0.5, 0.6) is 11.5 Å². The fourth-order valence-corrected chi connectivity index (χ4v) is 2.86. The number of carbonyl (C=O) groups excluding carboxylic acids is 1. The highest BCUT2D eigenvalue weighted by molar-refractivity contribution is 6.14. The maximum atomic E-state index is 11.6. The van der Waals surface area contributed by atoms with Crippen molar-refractivity contribution in [3.63, 3.8) is 0 Å². The molecule has 0 amide bonds. The van der Waals surface area contributed by atoms with E-state index in [2.05, 4.69) is 16.6 Å². The molecule has 8 heteroatoms. The second-order valence-electron chi connectivity index (χ2n) is 6.71. The van der Waals surface area contributed by atoms with Crippen molar-refractivity contribution >= 4 is 29.0 Å². The lowest BCUT2D eigenvalue weighted by molar-refractivity contribution is 0.0600. The van der Waals surface area contributed by atoms with Crippen LogP contribution in [-0.4, -0.2) is 35.0 Å². The van der Waals surface area contributed by atoms with Gasteiger partial charge in [-0.2, -0.15) is 0 Å². The lowest BCUT2D eigenvalue weighted by atomic mass is 10.1. The number of aliphatic imine (C=N–C) groups is 2. The number of methoxy groups -OCH3 is 1. The number of phenols is 2. The van der Waals surface area contributed by atoms with E-state index >= 15 is 0 Å². The van der Waals surface area contributed by atoms with Gasteiger partial charge in [-0.15, -0.1) is 0 Å². The van der Waals surface area contributed by atoms with Crippen LogP contribution >= 0.6 is 0 Å². The summed E-state index contributed by atoms with van der Waals surface area (Å²) < 4.78 is 4.70. The van der Waals surface area contributed by atoms with Gasteiger partial charge < -0.3 is 26.4 Å². The molecule has 0 unspecified atom stereocenters. The number of nitrogen functional groups attached to an aromatic ring is 1. The van der Waals surface area contributed by atoms with Gasteiger partial charge in [0.2, 0.25) is 0 Å². The third kappa shape index (κ3) is 4.76. The van der Waals surface area contributed by atoms with Gasteiger partial charge in [0.15, 0.2) is 5.84 Å². The van der Waals surface area contributed by atoms with Crippen LogP contribution in [-0.2, 0) is 4.74 Å². The highest BCUT2D eigenvalue weighted by Crippen LogP contribution is 2.26. The number of carbonyl (C=O) groups is 1. The van der Waals surface area contributed by atoms with Gasteiger partial charge in [0.1, 0.15) is 17.3 Å². The number of amidine groups is 2. The maximum Gasteiger partial charge on any atom is 0.337 e. The zero-order valence-corrected chi connectivity index (χ0v) is 17.3. The fourth-order valence-electron chi connectivity index (χ4n) is 2.86. The first-order valence-corrected chi connectivity index (χ1v) is 9.48. The molecule has 0 saturated carbocycles. The molecular formula is C24H22N4O4. The van der Waals surface area contributed by atoms with Crippen molar-refractivity contribution in [1.29, 1.82) is 0 Å². The summed E-state index contributed by atoms with van der Waals surface area (Å²) in [7, 11) is 1.30. The van der Waals surface area contributed by atoms with Crippen LogP contribution in [0.15, 0.2) is 83.3 Å². The minimum Gasteiger partial charge on any atom is -0.507 e.